The molecule has 21 heavy (non-hydrogen) atoms. The molecule has 0 aromatic heterocycles. The second kappa shape index (κ2) is 12.7. The normalized spacial score (nSPS) is 11.0. The van der Waals surface area contributed by atoms with Gasteiger partial charge in [-0.1, -0.05) is 32.0 Å². The molecule has 5 heteroatoms. The summed E-state index contributed by atoms with van der Waals surface area (Å²) in [5.41, 5.74) is 1.17. The minimum Gasteiger partial charge on any atom is -0.385 e. The number of aliphatic imine (C=N–C) groups is 1. The van der Waals surface area contributed by atoms with Crippen LogP contribution in [0.25, 0.3) is 0 Å². The SMILES string of the molecule is CN=C(NCCCNc1ccccc1)NCCC(C)C.I. The standard InChI is InChI=1S/C16H28N4.HI/c1-14(2)10-13-20-16(17-3)19-12-7-11-18-15-8-5-4-6-9-15;/h4-6,8-9,14,18H,7,10-13H2,1-3H3,(H2,17,19,20);1H. The van der Waals surface area contributed by atoms with Crippen molar-refractivity contribution in [2.24, 2.45) is 10.9 Å². The summed E-state index contributed by atoms with van der Waals surface area (Å²) in [4.78, 5) is 4.21. The number of anilines is 1. The summed E-state index contributed by atoms with van der Waals surface area (Å²) in [6, 6.07) is 10.3. The van der Waals surface area contributed by atoms with Crippen molar-refractivity contribution in [1.29, 1.82) is 0 Å². The maximum atomic E-state index is 4.21. The van der Waals surface area contributed by atoms with Gasteiger partial charge in [-0.3, -0.25) is 4.99 Å². The van der Waals surface area contributed by atoms with Crippen LogP contribution < -0.4 is 16.0 Å². The Morgan fingerprint density at radius 2 is 1.71 bits per heavy atom. The summed E-state index contributed by atoms with van der Waals surface area (Å²) >= 11 is 0. The molecule has 1 aromatic carbocycles. The quantitative estimate of drug-likeness (QED) is 0.270. The maximum absolute atomic E-state index is 4.21. The van der Waals surface area contributed by atoms with Crippen LogP contribution in [-0.4, -0.2) is 32.6 Å². The van der Waals surface area contributed by atoms with E-state index in [0.29, 0.717) is 0 Å². The highest BCUT2D eigenvalue weighted by Crippen LogP contribution is 2.04. The molecular formula is C16H29IN4. The highest BCUT2D eigenvalue weighted by molar-refractivity contribution is 14.0. The Bertz CT molecular complexity index is 379. The van der Waals surface area contributed by atoms with Crippen molar-refractivity contribution in [3.63, 3.8) is 0 Å². The zero-order valence-electron chi connectivity index (χ0n) is 13.4. The molecule has 1 rings (SSSR count). The zero-order valence-corrected chi connectivity index (χ0v) is 15.7. The van der Waals surface area contributed by atoms with Crippen molar-refractivity contribution in [2.45, 2.75) is 26.7 Å². The van der Waals surface area contributed by atoms with Gasteiger partial charge in [0.05, 0.1) is 0 Å². The number of hydrogen-bond donors (Lipinski definition) is 3. The second-order valence-corrected chi connectivity index (χ2v) is 5.25. The first kappa shape index (κ1) is 20.0. The monoisotopic (exact) mass is 404 g/mol. The number of halogens is 1. The van der Waals surface area contributed by atoms with Gasteiger partial charge in [0, 0.05) is 32.4 Å². The molecule has 0 unspecified atom stereocenters. The van der Waals surface area contributed by atoms with E-state index in [9.17, 15) is 0 Å². The number of rotatable bonds is 8. The highest BCUT2D eigenvalue weighted by Gasteiger charge is 1.98. The third-order valence-corrected chi connectivity index (χ3v) is 2.99. The lowest BCUT2D eigenvalue weighted by atomic mass is 10.1. The van der Waals surface area contributed by atoms with E-state index in [4.69, 9.17) is 0 Å². The van der Waals surface area contributed by atoms with Gasteiger partial charge in [0.2, 0.25) is 0 Å². The molecule has 0 bridgehead atoms. The van der Waals surface area contributed by atoms with Gasteiger partial charge in [0.25, 0.3) is 0 Å². The summed E-state index contributed by atoms with van der Waals surface area (Å²) in [5, 5.41) is 10.1. The van der Waals surface area contributed by atoms with Crippen LogP contribution in [0.5, 0.6) is 0 Å². The van der Waals surface area contributed by atoms with Crippen LogP contribution in [-0.2, 0) is 0 Å². The van der Waals surface area contributed by atoms with E-state index in [2.05, 4.69) is 46.9 Å². The van der Waals surface area contributed by atoms with Crippen LogP contribution in [0, 0.1) is 5.92 Å². The molecule has 0 amide bonds. The summed E-state index contributed by atoms with van der Waals surface area (Å²) in [5.74, 6) is 1.61. The fourth-order valence-electron chi connectivity index (χ4n) is 1.78. The van der Waals surface area contributed by atoms with Crippen LogP contribution in [0.4, 0.5) is 5.69 Å². The highest BCUT2D eigenvalue weighted by atomic mass is 127. The molecule has 1 aromatic rings. The fourth-order valence-corrected chi connectivity index (χ4v) is 1.78. The van der Waals surface area contributed by atoms with Crippen LogP contribution in [0.2, 0.25) is 0 Å². The third kappa shape index (κ3) is 10.4. The number of nitrogens with one attached hydrogen (secondary N) is 3. The van der Waals surface area contributed by atoms with E-state index in [1.807, 2.05) is 25.2 Å². The topological polar surface area (TPSA) is 48.5 Å². The molecule has 3 N–H and O–H groups in total. The van der Waals surface area contributed by atoms with E-state index in [1.54, 1.807) is 0 Å². The molecule has 0 spiro atoms. The molecule has 0 aliphatic rings. The Morgan fingerprint density at radius 3 is 2.33 bits per heavy atom. The largest absolute Gasteiger partial charge is 0.385 e. The predicted molar refractivity (Wildman–Crippen MR) is 104 cm³/mol. The molecule has 0 radical (unpaired) electrons. The van der Waals surface area contributed by atoms with Crippen molar-refractivity contribution >= 4 is 35.6 Å². The maximum Gasteiger partial charge on any atom is 0.190 e. The number of benzene rings is 1. The van der Waals surface area contributed by atoms with E-state index in [1.165, 1.54) is 5.69 Å². The Morgan fingerprint density at radius 1 is 1.05 bits per heavy atom. The molecule has 0 aliphatic heterocycles. The first-order valence-electron chi connectivity index (χ1n) is 7.46. The van der Waals surface area contributed by atoms with Gasteiger partial charge in [-0.25, -0.2) is 0 Å². The number of nitrogens with zero attached hydrogens (tertiary/aromatic N) is 1. The average Bonchev–Trinajstić information content (AvgIpc) is 2.46. The zero-order chi connectivity index (χ0) is 14.6. The molecule has 0 heterocycles. The molecular weight excluding hydrogens is 375 g/mol. The van der Waals surface area contributed by atoms with Gasteiger partial charge in [0.1, 0.15) is 0 Å². The van der Waals surface area contributed by atoms with Crippen molar-refractivity contribution in [1.82, 2.24) is 10.6 Å². The third-order valence-electron chi connectivity index (χ3n) is 2.99. The Hall–Kier alpha value is -0.980. The Balaban J connectivity index is 0.00000400. The summed E-state index contributed by atoms with van der Waals surface area (Å²) in [6.07, 6.45) is 2.22. The first-order chi connectivity index (χ1) is 9.72. The lowest BCUT2D eigenvalue weighted by Crippen LogP contribution is -2.38. The molecule has 0 saturated heterocycles. The Kier molecular flexibility index (Phi) is 12.1. The van der Waals surface area contributed by atoms with Crippen molar-refractivity contribution < 1.29 is 0 Å². The molecule has 0 aliphatic carbocycles. The average molecular weight is 404 g/mol. The van der Waals surface area contributed by atoms with Gasteiger partial charge in [-0.2, -0.15) is 0 Å². The van der Waals surface area contributed by atoms with Gasteiger partial charge >= 0.3 is 0 Å². The van der Waals surface area contributed by atoms with Gasteiger partial charge in [-0.15, -0.1) is 24.0 Å². The lowest BCUT2D eigenvalue weighted by Gasteiger charge is -2.13. The van der Waals surface area contributed by atoms with Crippen molar-refractivity contribution in [3.05, 3.63) is 30.3 Å². The van der Waals surface area contributed by atoms with Crippen LogP contribution >= 0.6 is 24.0 Å². The lowest BCUT2D eigenvalue weighted by molar-refractivity contribution is 0.573. The van der Waals surface area contributed by atoms with Crippen molar-refractivity contribution in [3.8, 4) is 0 Å². The summed E-state index contributed by atoms with van der Waals surface area (Å²) < 4.78 is 0. The first-order valence-corrected chi connectivity index (χ1v) is 7.46. The second-order valence-electron chi connectivity index (χ2n) is 5.25. The summed E-state index contributed by atoms with van der Waals surface area (Å²) in [7, 11) is 1.81. The summed E-state index contributed by atoms with van der Waals surface area (Å²) in [6.45, 7) is 7.31. The molecule has 0 fully saturated rings. The van der Waals surface area contributed by atoms with Crippen LogP contribution in [0.15, 0.2) is 35.3 Å². The van der Waals surface area contributed by atoms with Crippen LogP contribution in [0.1, 0.15) is 26.7 Å². The smallest absolute Gasteiger partial charge is 0.190 e. The predicted octanol–water partition coefficient (Wildman–Crippen LogP) is 3.32. The van der Waals surface area contributed by atoms with Crippen molar-refractivity contribution in [2.75, 3.05) is 32.0 Å². The van der Waals surface area contributed by atoms with E-state index in [0.717, 1.165) is 44.4 Å². The van der Waals surface area contributed by atoms with Gasteiger partial charge in [-0.05, 0) is 30.9 Å². The minimum absolute atomic E-state index is 0. The van der Waals surface area contributed by atoms with Gasteiger partial charge < -0.3 is 16.0 Å². The van der Waals surface area contributed by atoms with E-state index < -0.39 is 0 Å². The van der Waals surface area contributed by atoms with Gasteiger partial charge in [0.15, 0.2) is 5.96 Å². The number of hydrogen-bond acceptors (Lipinski definition) is 2. The number of para-hydroxylation sites is 1. The Labute approximate surface area is 146 Å². The molecule has 120 valence electrons. The minimum atomic E-state index is 0. The van der Waals surface area contributed by atoms with E-state index in [-0.39, 0.29) is 24.0 Å². The van der Waals surface area contributed by atoms with E-state index >= 15 is 0 Å². The molecule has 4 nitrogen and oxygen atoms in total. The van der Waals surface area contributed by atoms with Crippen LogP contribution in [0.3, 0.4) is 0 Å². The molecule has 0 saturated carbocycles. The fraction of sp³-hybridized carbons (Fsp3) is 0.562. The number of guanidine groups is 1. The molecule has 0 atom stereocenters.